The normalized spacial score (nSPS) is 27.3. The molecule has 59 heavy (non-hydrogen) atoms. The van der Waals surface area contributed by atoms with Gasteiger partial charge in [0, 0.05) is 21.5 Å². The first kappa shape index (κ1) is 33.0. The van der Waals surface area contributed by atoms with Gasteiger partial charge < -0.3 is 4.40 Å². The third-order valence-corrected chi connectivity index (χ3v) is 16.8. The van der Waals surface area contributed by atoms with Crippen LogP contribution in [0.2, 0.25) is 0 Å². The number of fused-ring (bicyclic) bond motifs is 6. The van der Waals surface area contributed by atoms with E-state index in [2.05, 4.69) is 120 Å². The molecule has 2 heterocycles. The lowest BCUT2D eigenvalue weighted by atomic mass is 9.67. The minimum Gasteiger partial charge on any atom is -0.308 e. The summed E-state index contributed by atoms with van der Waals surface area (Å²) in [4.78, 5) is 0. The summed E-state index contributed by atoms with van der Waals surface area (Å²) in [6.45, 7) is 0. The third-order valence-electron chi connectivity index (χ3n) is 16.8. The summed E-state index contributed by atoms with van der Waals surface area (Å²) in [7, 11) is 0. The van der Waals surface area contributed by atoms with Crippen LogP contribution in [0.3, 0.4) is 0 Å². The van der Waals surface area contributed by atoms with Gasteiger partial charge in [0.2, 0.25) is 0 Å². The Kier molecular flexibility index (Phi) is 6.63. The highest BCUT2D eigenvalue weighted by atomic mass is 14.9. The van der Waals surface area contributed by atoms with E-state index >= 15 is 0 Å². The number of benzene rings is 6. The van der Waals surface area contributed by atoms with Crippen molar-refractivity contribution in [3.63, 3.8) is 0 Å². The molecule has 284 valence electrons. The maximum atomic E-state index is 11.1. The maximum Gasteiger partial charge on any atom is 0.0995 e. The predicted octanol–water partition coefficient (Wildman–Crippen LogP) is 14.4. The SMILES string of the molecule is N#Cc1cc2c(c3c1C1CC4CC(C1)CC3C4)c1cc(-c3c(-c4ccccc4)cccc3-c3ccccc3)cc3c4c5c(c(C#N)cc4n2c13)C1CC2CC(C1)CC5C2. The van der Waals surface area contributed by atoms with E-state index in [4.69, 9.17) is 0 Å². The summed E-state index contributed by atoms with van der Waals surface area (Å²) in [6.07, 6.45) is 12.6. The molecule has 0 amide bonds. The Bertz CT molecular complexity index is 2960. The van der Waals surface area contributed by atoms with Crippen LogP contribution in [0.4, 0.5) is 0 Å². The smallest absolute Gasteiger partial charge is 0.0995 e. The van der Waals surface area contributed by atoms with Gasteiger partial charge in [-0.1, -0.05) is 78.9 Å². The number of hydrogen-bond donors (Lipinski definition) is 0. The quantitative estimate of drug-likeness (QED) is 0.180. The van der Waals surface area contributed by atoms with Gasteiger partial charge in [-0.15, -0.1) is 0 Å². The standard InChI is InChI=1S/C56H45N3/c57-28-41-26-47-54(52-38-20-30-14-31(21-38)17-36(16-30)49(41)52)45-24-40(51-43(34-8-3-1-4-9-34)12-7-13-44(51)35-10-5-2-6-11-35)25-46-55-48(59(47)56(45)46)27-42(29-58)50-37-18-32-15-33(19-37)23-39(22-32)53(50)55/h1-13,24-27,30-33,36-39H,14-23H2. The molecule has 3 nitrogen and oxygen atoms in total. The molecule has 16 rings (SSSR count). The molecule has 3 heteroatoms. The van der Waals surface area contributed by atoms with Crippen molar-refractivity contribution < 1.29 is 0 Å². The van der Waals surface area contributed by atoms with Crippen LogP contribution >= 0.6 is 0 Å². The van der Waals surface area contributed by atoms with Crippen molar-refractivity contribution in [3.8, 4) is 45.5 Å². The minimum atomic E-state index is 0.465. The summed E-state index contributed by atoms with van der Waals surface area (Å²) >= 11 is 0. The zero-order chi connectivity index (χ0) is 38.7. The van der Waals surface area contributed by atoms with Gasteiger partial charge in [-0.05, 0) is 191 Å². The molecule has 4 unspecified atom stereocenters. The summed E-state index contributed by atoms with van der Waals surface area (Å²) in [5.41, 5.74) is 18.7. The zero-order valence-corrected chi connectivity index (χ0v) is 33.3. The second-order valence-electron chi connectivity index (χ2n) is 19.8. The van der Waals surface area contributed by atoms with E-state index in [0.717, 1.165) is 34.8 Å². The average Bonchev–Trinajstić information content (AvgIpc) is 3.63. The van der Waals surface area contributed by atoms with Gasteiger partial charge in [-0.25, -0.2) is 0 Å². The fraction of sp³-hybridized carbons (Fsp3) is 0.321. The van der Waals surface area contributed by atoms with Crippen LogP contribution in [0.25, 0.3) is 71.5 Å². The molecule has 8 aliphatic carbocycles. The summed E-state index contributed by atoms with van der Waals surface area (Å²) in [5, 5.41) is 27.5. The number of aromatic nitrogens is 1. The van der Waals surface area contributed by atoms with E-state index in [1.54, 1.807) is 0 Å². The first-order valence-corrected chi connectivity index (χ1v) is 22.6. The molecule has 8 bridgehead atoms. The van der Waals surface area contributed by atoms with Crippen molar-refractivity contribution in [2.24, 2.45) is 23.7 Å². The largest absolute Gasteiger partial charge is 0.308 e. The van der Waals surface area contributed by atoms with Crippen LogP contribution < -0.4 is 0 Å². The number of nitrogens with zero attached hydrogens (tertiary/aromatic N) is 3. The highest BCUT2D eigenvalue weighted by Crippen LogP contribution is 2.62. The van der Waals surface area contributed by atoms with Crippen molar-refractivity contribution in [1.29, 1.82) is 10.5 Å². The molecule has 0 aliphatic heterocycles. The van der Waals surface area contributed by atoms with Gasteiger partial charge in [0.05, 0.1) is 39.8 Å². The molecule has 8 aromatic rings. The van der Waals surface area contributed by atoms with Gasteiger partial charge in [0.15, 0.2) is 0 Å². The molecule has 0 N–H and O–H groups in total. The number of rotatable bonds is 3. The van der Waals surface area contributed by atoms with Crippen molar-refractivity contribution in [1.82, 2.24) is 4.40 Å². The Balaban J connectivity index is 1.19. The second-order valence-corrected chi connectivity index (χ2v) is 19.8. The topological polar surface area (TPSA) is 52.0 Å². The minimum absolute atomic E-state index is 0.465. The maximum absolute atomic E-state index is 11.1. The second kappa shape index (κ2) is 11.9. The number of hydrogen-bond acceptors (Lipinski definition) is 2. The van der Waals surface area contributed by atoms with E-state index in [9.17, 15) is 10.5 Å². The number of nitriles is 2. The molecule has 6 aromatic carbocycles. The highest BCUT2D eigenvalue weighted by Gasteiger charge is 2.47. The first-order valence-electron chi connectivity index (χ1n) is 22.6. The van der Waals surface area contributed by atoms with Crippen LogP contribution in [0, 0.1) is 46.3 Å². The Morgan fingerprint density at radius 1 is 0.424 bits per heavy atom. The van der Waals surface area contributed by atoms with Crippen LogP contribution in [0.1, 0.15) is 121 Å². The van der Waals surface area contributed by atoms with Gasteiger partial charge in [0.25, 0.3) is 0 Å². The molecule has 0 radical (unpaired) electrons. The van der Waals surface area contributed by atoms with Crippen LogP contribution in [0.15, 0.2) is 103 Å². The average molecular weight is 760 g/mol. The fourth-order valence-electron chi connectivity index (χ4n) is 15.2. The molecular weight excluding hydrogens is 715 g/mol. The fourth-order valence-corrected chi connectivity index (χ4v) is 15.2. The summed E-state index contributed by atoms with van der Waals surface area (Å²) in [5.74, 6) is 4.90. The van der Waals surface area contributed by atoms with Crippen LogP contribution in [0.5, 0.6) is 0 Å². The Morgan fingerprint density at radius 3 is 1.24 bits per heavy atom. The molecule has 0 spiro atoms. The first-order chi connectivity index (χ1) is 29.1. The molecule has 2 aromatic heterocycles. The lowest BCUT2D eigenvalue weighted by molar-refractivity contribution is 0.166. The van der Waals surface area contributed by atoms with E-state index in [-0.39, 0.29) is 0 Å². The molecule has 4 atom stereocenters. The lowest BCUT2D eigenvalue weighted by Crippen LogP contribution is -2.25. The van der Waals surface area contributed by atoms with Crippen molar-refractivity contribution >= 4 is 38.1 Å². The summed E-state index contributed by atoms with van der Waals surface area (Å²) in [6, 6.07) is 44.1. The molecular formula is C56H45N3. The van der Waals surface area contributed by atoms with E-state index < -0.39 is 0 Å². The zero-order valence-electron chi connectivity index (χ0n) is 33.3. The van der Waals surface area contributed by atoms with E-state index in [1.165, 1.54) is 158 Å². The van der Waals surface area contributed by atoms with Crippen LogP contribution in [-0.4, -0.2) is 4.40 Å². The van der Waals surface area contributed by atoms with E-state index in [0.29, 0.717) is 23.7 Å². The van der Waals surface area contributed by atoms with Gasteiger partial charge in [-0.2, -0.15) is 10.5 Å². The van der Waals surface area contributed by atoms with Gasteiger partial charge in [0.1, 0.15) is 0 Å². The Hall–Kier alpha value is -5.90. The highest BCUT2D eigenvalue weighted by molar-refractivity contribution is 6.27. The lowest BCUT2D eigenvalue weighted by Gasteiger charge is -2.38. The van der Waals surface area contributed by atoms with E-state index in [1.807, 2.05) is 0 Å². The van der Waals surface area contributed by atoms with Crippen LogP contribution in [-0.2, 0) is 0 Å². The van der Waals surface area contributed by atoms with Crippen molar-refractivity contribution in [3.05, 3.63) is 137 Å². The summed E-state index contributed by atoms with van der Waals surface area (Å²) < 4.78 is 2.55. The monoisotopic (exact) mass is 759 g/mol. The predicted molar refractivity (Wildman–Crippen MR) is 238 cm³/mol. The Labute approximate surface area is 345 Å². The third kappa shape index (κ3) is 4.42. The van der Waals surface area contributed by atoms with Crippen molar-refractivity contribution in [2.45, 2.75) is 87.9 Å². The van der Waals surface area contributed by atoms with Gasteiger partial charge in [-0.3, -0.25) is 0 Å². The Morgan fingerprint density at radius 2 is 0.831 bits per heavy atom. The molecule has 8 aliphatic rings. The van der Waals surface area contributed by atoms with Crippen molar-refractivity contribution in [2.75, 3.05) is 0 Å². The molecule has 0 saturated heterocycles. The van der Waals surface area contributed by atoms with Gasteiger partial charge >= 0.3 is 0 Å². The molecule has 4 fully saturated rings. The molecule has 4 saturated carbocycles.